The smallest absolute Gasteiger partial charge is 0.337 e. The average molecular weight is 280 g/mol. The van der Waals surface area contributed by atoms with Crippen LogP contribution in [0.4, 0.5) is 5.69 Å². The lowest BCUT2D eigenvalue weighted by Gasteiger charge is -2.01. The molecule has 19 heavy (non-hydrogen) atoms. The van der Waals surface area contributed by atoms with Gasteiger partial charge < -0.3 is 9.52 Å². The number of rotatable bonds is 5. The third kappa shape index (κ3) is 3.10. The van der Waals surface area contributed by atoms with Crippen LogP contribution < -0.4 is 0 Å². The first-order valence-electron chi connectivity index (χ1n) is 5.11. The number of hydrogen-bond donors (Lipinski definition) is 1. The standard InChI is InChI=1S/C11H8N2O5S/c14-11(15)7-4-9(13(16)17)10(12-5-7)19-6-8-2-1-3-18-8/h1-5H,6H2,(H,14,15). The van der Waals surface area contributed by atoms with E-state index < -0.39 is 10.9 Å². The Hall–Kier alpha value is -2.35. The van der Waals surface area contributed by atoms with E-state index in [1.165, 1.54) is 6.26 Å². The molecule has 7 nitrogen and oxygen atoms in total. The molecular weight excluding hydrogens is 272 g/mol. The highest BCUT2D eigenvalue weighted by Crippen LogP contribution is 2.30. The zero-order chi connectivity index (χ0) is 13.8. The molecule has 2 rings (SSSR count). The van der Waals surface area contributed by atoms with E-state index in [2.05, 4.69) is 4.98 Å². The Kier molecular flexibility index (Phi) is 3.81. The Morgan fingerprint density at radius 2 is 2.37 bits per heavy atom. The summed E-state index contributed by atoms with van der Waals surface area (Å²) >= 11 is 1.11. The van der Waals surface area contributed by atoms with Crippen molar-refractivity contribution in [3.63, 3.8) is 0 Å². The molecule has 0 aliphatic heterocycles. The second kappa shape index (κ2) is 5.53. The monoisotopic (exact) mass is 280 g/mol. The molecule has 0 unspecified atom stereocenters. The van der Waals surface area contributed by atoms with Gasteiger partial charge in [-0.1, -0.05) is 11.8 Å². The van der Waals surface area contributed by atoms with Crippen LogP contribution in [0.1, 0.15) is 16.1 Å². The van der Waals surface area contributed by atoms with Crippen LogP contribution in [0, 0.1) is 10.1 Å². The second-order valence-electron chi connectivity index (χ2n) is 3.48. The highest BCUT2D eigenvalue weighted by Gasteiger charge is 2.19. The fraction of sp³-hybridized carbons (Fsp3) is 0.0909. The third-order valence-corrected chi connectivity index (χ3v) is 3.22. The zero-order valence-electron chi connectivity index (χ0n) is 9.48. The Balaban J connectivity index is 2.24. The first kappa shape index (κ1) is 13.1. The summed E-state index contributed by atoms with van der Waals surface area (Å²) in [6, 6.07) is 4.45. The molecule has 1 N–H and O–H groups in total. The summed E-state index contributed by atoms with van der Waals surface area (Å²) in [7, 11) is 0. The quantitative estimate of drug-likeness (QED) is 0.509. The lowest BCUT2D eigenvalue weighted by molar-refractivity contribution is -0.388. The van der Waals surface area contributed by atoms with Gasteiger partial charge in [-0.3, -0.25) is 10.1 Å². The van der Waals surface area contributed by atoms with Gasteiger partial charge in [0.1, 0.15) is 5.76 Å². The number of aromatic nitrogens is 1. The number of carboxylic acid groups (broad SMARTS) is 1. The first-order chi connectivity index (χ1) is 9.08. The Labute approximate surface area is 111 Å². The molecule has 0 fully saturated rings. The summed E-state index contributed by atoms with van der Waals surface area (Å²) in [5, 5.41) is 19.8. The van der Waals surface area contributed by atoms with E-state index in [1.54, 1.807) is 12.1 Å². The molecule has 2 aromatic heterocycles. The topological polar surface area (TPSA) is 106 Å². The van der Waals surface area contributed by atoms with Crippen molar-refractivity contribution in [1.82, 2.24) is 4.98 Å². The molecule has 0 aliphatic carbocycles. The van der Waals surface area contributed by atoms with E-state index in [9.17, 15) is 14.9 Å². The Morgan fingerprint density at radius 3 is 2.95 bits per heavy atom. The van der Waals surface area contributed by atoms with E-state index in [1.807, 2.05) is 0 Å². The normalized spacial score (nSPS) is 10.3. The number of furan rings is 1. The number of pyridine rings is 1. The zero-order valence-corrected chi connectivity index (χ0v) is 10.3. The van der Waals surface area contributed by atoms with Crippen LogP contribution in [0.5, 0.6) is 0 Å². The van der Waals surface area contributed by atoms with Crippen molar-refractivity contribution >= 4 is 23.4 Å². The van der Waals surface area contributed by atoms with Crippen molar-refractivity contribution in [1.29, 1.82) is 0 Å². The SMILES string of the molecule is O=C(O)c1cnc(SCc2ccco2)c([N+](=O)[O-])c1. The molecule has 2 aromatic rings. The van der Waals surface area contributed by atoms with E-state index in [0.29, 0.717) is 11.5 Å². The molecule has 0 saturated heterocycles. The molecule has 98 valence electrons. The van der Waals surface area contributed by atoms with Gasteiger partial charge in [-0.15, -0.1) is 0 Å². The molecule has 0 atom stereocenters. The van der Waals surface area contributed by atoms with Crippen LogP contribution >= 0.6 is 11.8 Å². The van der Waals surface area contributed by atoms with Gasteiger partial charge >= 0.3 is 11.7 Å². The predicted molar refractivity (Wildman–Crippen MR) is 66.1 cm³/mol. The molecule has 8 heteroatoms. The molecule has 0 spiro atoms. The van der Waals surface area contributed by atoms with Crippen molar-refractivity contribution in [2.24, 2.45) is 0 Å². The van der Waals surface area contributed by atoms with Gasteiger partial charge in [0.2, 0.25) is 0 Å². The summed E-state index contributed by atoms with van der Waals surface area (Å²) in [5.74, 6) is -0.214. The maximum absolute atomic E-state index is 10.9. The Morgan fingerprint density at radius 1 is 1.58 bits per heavy atom. The molecule has 0 saturated carbocycles. The van der Waals surface area contributed by atoms with Gasteiger partial charge in [-0.25, -0.2) is 9.78 Å². The van der Waals surface area contributed by atoms with Crippen LogP contribution in [-0.2, 0) is 5.75 Å². The average Bonchev–Trinajstić information content (AvgIpc) is 2.89. The number of nitrogens with zero attached hydrogens (tertiary/aromatic N) is 2. The molecule has 0 aromatic carbocycles. The number of nitro groups is 1. The minimum atomic E-state index is -1.25. The van der Waals surface area contributed by atoms with Gasteiger partial charge in [0.15, 0.2) is 5.03 Å². The van der Waals surface area contributed by atoms with Gasteiger partial charge in [0, 0.05) is 12.3 Å². The summed E-state index contributed by atoms with van der Waals surface area (Å²) in [6.07, 6.45) is 2.60. The maximum atomic E-state index is 10.9. The lowest BCUT2D eigenvalue weighted by atomic mass is 10.3. The number of thioether (sulfide) groups is 1. The minimum Gasteiger partial charge on any atom is -0.478 e. The van der Waals surface area contributed by atoms with E-state index in [4.69, 9.17) is 9.52 Å². The summed E-state index contributed by atoms with van der Waals surface area (Å²) in [6.45, 7) is 0. The number of hydrogen-bond acceptors (Lipinski definition) is 6. The fourth-order valence-corrected chi connectivity index (χ4v) is 2.19. The van der Waals surface area contributed by atoms with Crippen molar-refractivity contribution in [3.8, 4) is 0 Å². The van der Waals surface area contributed by atoms with Gasteiger partial charge in [-0.05, 0) is 12.1 Å². The van der Waals surface area contributed by atoms with Crippen molar-refractivity contribution in [2.75, 3.05) is 0 Å². The first-order valence-corrected chi connectivity index (χ1v) is 6.09. The lowest BCUT2D eigenvalue weighted by Crippen LogP contribution is -2.01. The molecule has 0 aliphatic rings. The highest BCUT2D eigenvalue weighted by molar-refractivity contribution is 7.98. The highest BCUT2D eigenvalue weighted by atomic mass is 32.2. The van der Waals surface area contributed by atoms with Crippen molar-refractivity contribution in [3.05, 3.63) is 52.1 Å². The summed E-state index contributed by atoms with van der Waals surface area (Å²) in [5.41, 5.74) is -0.537. The summed E-state index contributed by atoms with van der Waals surface area (Å²) in [4.78, 5) is 24.8. The maximum Gasteiger partial charge on any atom is 0.337 e. The van der Waals surface area contributed by atoms with Crippen LogP contribution in [0.15, 0.2) is 40.1 Å². The minimum absolute atomic E-state index is 0.159. The van der Waals surface area contributed by atoms with Gasteiger partial charge in [0.05, 0.1) is 22.5 Å². The van der Waals surface area contributed by atoms with Crippen molar-refractivity contribution in [2.45, 2.75) is 10.8 Å². The summed E-state index contributed by atoms with van der Waals surface area (Å²) < 4.78 is 5.10. The predicted octanol–water partition coefficient (Wildman–Crippen LogP) is 2.57. The molecule has 0 amide bonds. The van der Waals surface area contributed by atoms with Crippen LogP contribution in [0.25, 0.3) is 0 Å². The van der Waals surface area contributed by atoms with Crippen molar-refractivity contribution < 1.29 is 19.2 Å². The number of carbonyl (C=O) groups is 1. The van der Waals surface area contributed by atoms with Crippen LogP contribution in [-0.4, -0.2) is 21.0 Å². The van der Waals surface area contributed by atoms with E-state index in [0.717, 1.165) is 24.0 Å². The Bertz CT molecular complexity index is 612. The van der Waals surface area contributed by atoms with Crippen LogP contribution in [0.2, 0.25) is 0 Å². The molecular formula is C11H8N2O5S. The molecule has 0 bridgehead atoms. The second-order valence-corrected chi connectivity index (χ2v) is 4.44. The molecule has 2 heterocycles. The van der Waals surface area contributed by atoms with E-state index in [-0.39, 0.29) is 16.3 Å². The van der Waals surface area contributed by atoms with Gasteiger partial charge in [0.25, 0.3) is 0 Å². The van der Waals surface area contributed by atoms with Crippen LogP contribution in [0.3, 0.4) is 0 Å². The fourth-order valence-electron chi connectivity index (χ4n) is 1.33. The van der Waals surface area contributed by atoms with E-state index >= 15 is 0 Å². The third-order valence-electron chi connectivity index (χ3n) is 2.21. The number of carboxylic acids is 1. The van der Waals surface area contributed by atoms with Gasteiger partial charge in [-0.2, -0.15) is 0 Å². The number of aromatic carboxylic acids is 1. The molecule has 0 radical (unpaired) electrons. The largest absolute Gasteiger partial charge is 0.478 e.